The predicted octanol–water partition coefficient (Wildman–Crippen LogP) is 3.20. The molecule has 2 aromatic heterocycles. The summed E-state index contributed by atoms with van der Waals surface area (Å²) >= 11 is 1.50. The van der Waals surface area contributed by atoms with Gasteiger partial charge in [-0.15, -0.1) is 11.3 Å². The van der Waals surface area contributed by atoms with E-state index in [1.165, 1.54) is 16.9 Å². The van der Waals surface area contributed by atoms with Gasteiger partial charge in [0.2, 0.25) is 0 Å². The number of fused-ring (bicyclic) bond motifs is 1. The average Bonchev–Trinajstić information content (AvgIpc) is 3.07. The molecule has 0 atom stereocenters. The summed E-state index contributed by atoms with van der Waals surface area (Å²) in [5.41, 5.74) is 3.42. The summed E-state index contributed by atoms with van der Waals surface area (Å²) in [5.74, 6) is 0. The van der Waals surface area contributed by atoms with Crippen molar-refractivity contribution in [2.75, 3.05) is 20.1 Å². The first-order valence-electron chi connectivity index (χ1n) is 9.31. The van der Waals surface area contributed by atoms with E-state index >= 15 is 0 Å². The Bertz CT molecular complexity index is 1050. The van der Waals surface area contributed by atoms with Gasteiger partial charge in [0.15, 0.2) is 0 Å². The lowest BCUT2D eigenvalue weighted by Gasteiger charge is -2.36. The first-order chi connectivity index (χ1) is 12.9. The number of likely N-dealkylation sites (tertiary alicyclic amines) is 1. The molecule has 1 saturated heterocycles. The topological polar surface area (TPSA) is 58.4 Å². The van der Waals surface area contributed by atoms with Crippen LogP contribution in [-0.2, 0) is 6.54 Å². The molecule has 1 aliphatic heterocycles. The smallest absolute Gasteiger partial charge is 0.262 e. The van der Waals surface area contributed by atoms with Gasteiger partial charge in [-0.3, -0.25) is 9.36 Å². The molecule has 0 amide bonds. The molecule has 1 N–H and O–H groups in total. The maximum Gasteiger partial charge on any atom is 0.262 e. The normalized spacial score (nSPS) is 17.5. The van der Waals surface area contributed by atoms with Crippen LogP contribution in [0.3, 0.4) is 0 Å². The van der Waals surface area contributed by atoms with Crippen molar-refractivity contribution in [1.29, 1.82) is 0 Å². The lowest BCUT2D eigenvalue weighted by Crippen LogP contribution is -2.46. The Balaban J connectivity index is 1.78. The Kier molecular flexibility index (Phi) is 4.66. The molecule has 142 valence electrons. The summed E-state index contributed by atoms with van der Waals surface area (Å²) < 4.78 is 1.59. The number of rotatable bonds is 3. The van der Waals surface area contributed by atoms with Crippen molar-refractivity contribution in [2.45, 2.75) is 38.8 Å². The summed E-state index contributed by atoms with van der Waals surface area (Å²) in [4.78, 5) is 20.7. The minimum Gasteiger partial charge on any atom is -0.388 e. The number of nitrogens with zero attached hydrogens (tertiary/aromatic N) is 3. The fourth-order valence-electron chi connectivity index (χ4n) is 3.81. The summed E-state index contributed by atoms with van der Waals surface area (Å²) in [5, 5.41) is 13.6. The monoisotopic (exact) mass is 383 g/mol. The summed E-state index contributed by atoms with van der Waals surface area (Å²) in [7, 11) is 2.06. The maximum absolute atomic E-state index is 13.3. The number of aliphatic hydroxyl groups is 1. The Morgan fingerprint density at radius 3 is 2.70 bits per heavy atom. The van der Waals surface area contributed by atoms with Crippen LogP contribution in [0.1, 0.15) is 24.0 Å². The van der Waals surface area contributed by atoms with Crippen molar-refractivity contribution < 1.29 is 5.11 Å². The molecular formula is C21H25N3O2S. The summed E-state index contributed by atoms with van der Waals surface area (Å²) in [6.45, 7) is 6.10. The molecule has 1 fully saturated rings. The van der Waals surface area contributed by atoms with Gasteiger partial charge in [0, 0.05) is 24.0 Å². The third kappa shape index (κ3) is 3.45. The largest absolute Gasteiger partial charge is 0.388 e. The lowest BCUT2D eigenvalue weighted by molar-refractivity contribution is -0.0298. The molecule has 0 aliphatic carbocycles. The van der Waals surface area contributed by atoms with Crippen LogP contribution in [0.4, 0.5) is 0 Å². The molecule has 0 bridgehead atoms. The Hall–Kier alpha value is -2.02. The van der Waals surface area contributed by atoms with Crippen LogP contribution < -0.4 is 5.56 Å². The van der Waals surface area contributed by atoms with Gasteiger partial charge in [-0.05, 0) is 44.9 Å². The van der Waals surface area contributed by atoms with Gasteiger partial charge in [-0.2, -0.15) is 0 Å². The zero-order valence-corrected chi connectivity index (χ0v) is 16.8. The molecule has 0 radical (unpaired) electrons. The summed E-state index contributed by atoms with van der Waals surface area (Å²) in [6, 6.07) is 6.29. The SMILES string of the molecule is Cc1ccc(C)c(-c2csc3ncn(CC4(O)CCN(C)CC4)c(=O)c23)c1. The van der Waals surface area contributed by atoms with Gasteiger partial charge in [0.1, 0.15) is 4.83 Å². The van der Waals surface area contributed by atoms with E-state index in [0.29, 0.717) is 24.8 Å². The van der Waals surface area contributed by atoms with Crippen molar-refractivity contribution in [3.8, 4) is 11.1 Å². The zero-order chi connectivity index (χ0) is 19.2. The van der Waals surface area contributed by atoms with Crippen molar-refractivity contribution in [2.24, 2.45) is 0 Å². The molecule has 27 heavy (non-hydrogen) atoms. The lowest BCUT2D eigenvalue weighted by atomic mass is 9.91. The zero-order valence-electron chi connectivity index (χ0n) is 16.0. The second kappa shape index (κ2) is 6.86. The van der Waals surface area contributed by atoms with E-state index in [1.54, 1.807) is 10.9 Å². The number of thiophene rings is 1. The molecular weight excluding hydrogens is 358 g/mol. The molecule has 0 saturated carbocycles. The van der Waals surface area contributed by atoms with E-state index < -0.39 is 5.60 Å². The van der Waals surface area contributed by atoms with Crippen LogP contribution in [0.5, 0.6) is 0 Å². The van der Waals surface area contributed by atoms with Crippen LogP contribution >= 0.6 is 11.3 Å². The molecule has 1 aliphatic rings. The van der Waals surface area contributed by atoms with Gasteiger partial charge in [-0.25, -0.2) is 4.98 Å². The van der Waals surface area contributed by atoms with E-state index in [2.05, 4.69) is 49.0 Å². The molecule has 0 unspecified atom stereocenters. The number of hydrogen-bond acceptors (Lipinski definition) is 5. The molecule has 4 rings (SSSR count). The third-order valence-electron chi connectivity index (χ3n) is 5.63. The molecule has 3 heterocycles. The molecule has 3 aromatic rings. The van der Waals surface area contributed by atoms with Crippen molar-refractivity contribution in [1.82, 2.24) is 14.5 Å². The molecule has 1 aromatic carbocycles. The van der Waals surface area contributed by atoms with E-state index in [1.807, 2.05) is 5.38 Å². The van der Waals surface area contributed by atoms with Gasteiger partial charge in [0.25, 0.3) is 5.56 Å². The van der Waals surface area contributed by atoms with Crippen LogP contribution in [-0.4, -0.2) is 45.3 Å². The standard InChI is InChI=1S/C21H25N3O2S/c1-14-4-5-15(2)16(10-14)17-11-27-19-18(17)20(25)24(13-22-19)12-21(26)6-8-23(3)9-7-21/h4-5,10-11,13,26H,6-9,12H2,1-3H3. The quantitative estimate of drug-likeness (QED) is 0.755. The second-order valence-electron chi connectivity index (χ2n) is 7.85. The van der Waals surface area contributed by atoms with Crippen molar-refractivity contribution >= 4 is 21.6 Å². The fourth-order valence-corrected chi connectivity index (χ4v) is 4.71. The second-order valence-corrected chi connectivity index (χ2v) is 8.71. The molecule has 5 nitrogen and oxygen atoms in total. The van der Waals surface area contributed by atoms with Gasteiger partial charge in [-0.1, -0.05) is 23.8 Å². The Morgan fingerprint density at radius 2 is 1.96 bits per heavy atom. The third-order valence-corrected chi connectivity index (χ3v) is 6.51. The highest BCUT2D eigenvalue weighted by Crippen LogP contribution is 2.33. The molecule has 0 spiro atoms. The summed E-state index contributed by atoms with van der Waals surface area (Å²) in [6.07, 6.45) is 2.92. The first-order valence-corrected chi connectivity index (χ1v) is 10.2. The fraction of sp³-hybridized carbons (Fsp3) is 0.429. The van der Waals surface area contributed by atoms with Crippen LogP contribution in [0.15, 0.2) is 34.7 Å². The minimum atomic E-state index is -0.846. The van der Waals surface area contributed by atoms with Gasteiger partial charge in [0.05, 0.1) is 23.9 Å². The van der Waals surface area contributed by atoms with Gasteiger partial charge >= 0.3 is 0 Å². The van der Waals surface area contributed by atoms with Crippen molar-refractivity contribution in [3.05, 3.63) is 51.4 Å². The molecule has 6 heteroatoms. The average molecular weight is 384 g/mol. The Morgan fingerprint density at radius 1 is 1.22 bits per heavy atom. The van der Waals surface area contributed by atoms with Crippen molar-refractivity contribution in [3.63, 3.8) is 0 Å². The van der Waals surface area contributed by atoms with E-state index in [-0.39, 0.29) is 5.56 Å². The van der Waals surface area contributed by atoms with E-state index in [0.717, 1.165) is 34.6 Å². The van der Waals surface area contributed by atoms with Crippen LogP contribution in [0.25, 0.3) is 21.3 Å². The number of aromatic nitrogens is 2. The maximum atomic E-state index is 13.3. The van der Waals surface area contributed by atoms with E-state index in [4.69, 9.17) is 0 Å². The number of hydrogen-bond donors (Lipinski definition) is 1. The first kappa shape index (κ1) is 18.3. The highest BCUT2D eigenvalue weighted by Gasteiger charge is 2.32. The number of piperidine rings is 1. The highest BCUT2D eigenvalue weighted by molar-refractivity contribution is 7.17. The van der Waals surface area contributed by atoms with Gasteiger partial charge < -0.3 is 10.0 Å². The minimum absolute atomic E-state index is 0.0653. The van der Waals surface area contributed by atoms with Crippen LogP contribution in [0.2, 0.25) is 0 Å². The Labute approximate surface area is 162 Å². The van der Waals surface area contributed by atoms with E-state index in [9.17, 15) is 9.90 Å². The highest BCUT2D eigenvalue weighted by atomic mass is 32.1. The predicted molar refractivity (Wildman–Crippen MR) is 110 cm³/mol. The number of benzene rings is 1. The number of aryl methyl sites for hydroxylation is 2. The van der Waals surface area contributed by atoms with Crippen LogP contribution in [0, 0.1) is 13.8 Å².